The second-order valence-corrected chi connectivity index (χ2v) is 6.99. The first-order valence-corrected chi connectivity index (χ1v) is 9.83. The molecule has 28 heavy (non-hydrogen) atoms. The lowest BCUT2D eigenvalue weighted by Gasteiger charge is -2.27. The summed E-state index contributed by atoms with van der Waals surface area (Å²) in [5, 5.41) is 0. The van der Waals surface area contributed by atoms with E-state index in [1.807, 2.05) is 35.9 Å². The predicted octanol–water partition coefficient (Wildman–Crippen LogP) is -0.230. The lowest BCUT2D eigenvalue weighted by atomic mass is 10.3. The highest BCUT2D eigenvalue weighted by Crippen LogP contribution is 2.16. The van der Waals surface area contributed by atoms with Crippen LogP contribution in [0, 0.1) is 0 Å². The van der Waals surface area contributed by atoms with Crippen molar-refractivity contribution in [2.45, 2.75) is 19.9 Å². The molecular weight excluding hydrogens is 360 g/mol. The monoisotopic (exact) mass is 389 g/mol. The summed E-state index contributed by atoms with van der Waals surface area (Å²) in [6.45, 7) is 7.13. The summed E-state index contributed by atoms with van der Waals surface area (Å²) < 4.78 is 12.4. The number of nitrogens with zero attached hydrogens (tertiary/aromatic N) is 3. The molecule has 1 aromatic heterocycles. The van der Waals surface area contributed by atoms with Gasteiger partial charge in [-0.15, -0.1) is 0 Å². The minimum absolute atomic E-state index is 0.224. The molecule has 1 aromatic carbocycles. The number of fused-ring (bicyclic) bond motifs is 1. The first-order chi connectivity index (χ1) is 13.6. The van der Waals surface area contributed by atoms with Crippen molar-refractivity contribution in [3.05, 3.63) is 30.1 Å². The molecule has 8 heteroatoms. The van der Waals surface area contributed by atoms with Crippen LogP contribution in [0.2, 0.25) is 0 Å². The van der Waals surface area contributed by atoms with E-state index >= 15 is 0 Å². The van der Waals surface area contributed by atoms with Crippen LogP contribution in [-0.2, 0) is 32.7 Å². The number of morpholine rings is 1. The maximum atomic E-state index is 12.8. The standard InChI is InChI=1S/C20H28N4O4/c1-3-28-20(26)14-19(25)24(9-8-23-10-12-27-13-11-23)15-18-21-16-6-4-5-7-17(16)22(18)2/h4-7H,3,8-15H2,1-2H3/p+1. The predicted molar refractivity (Wildman–Crippen MR) is 104 cm³/mol. The van der Waals surface area contributed by atoms with E-state index in [4.69, 9.17) is 9.47 Å². The van der Waals surface area contributed by atoms with Crippen molar-refractivity contribution in [1.29, 1.82) is 0 Å². The van der Waals surface area contributed by atoms with E-state index < -0.39 is 5.97 Å². The third-order valence-corrected chi connectivity index (χ3v) is 5.10. The highest BCUT2D eigenvalue weighted by Gasteiger charge is 2.23. The number of para-hydroxylation sites is 2. The number of carbonyl (C=O) groups is 2. The molecule has 1 fully saturated rings. The van der Waals surface area contributed by atoms with E-state index in [1.54, 1.807) is 11.8 Å². The molecule has 2 aromatic rings. The Bertz CT molecular complexity index is 814. The fourth-order valence-corrected chi connectivity index (χ4v) is 3.45. The molecule has 152 valence electrons. The number of hydrogen-bond acceptors (Lipinski definition) is 5. The van der Waals surface area contributed by atoms with Crippen LogP contribution in [-0.4, -0.2) is 72.3 Å². The van der Waals surface area contributed by atoms with Crippen molar-refractivity contribution < 1.29 is 24.0 Å². The van der Waals surface area contributed by atoms with Crippen molar-refractivity contribution in [2.75, 3.05) is 46.0 Å². The summed E-state index contributed by atoms with van der Waals surface area (Å²) in [6, 6.07) is 7.89. The Hall–Kier alpha value is -2.45. The van der Waals surface area contributed by atoms with Gasteiger partial charge in [0, 0.05) is 7.05 Å². The van der Waals surface area contributed by atoms with Gasteiger partial charge >= 0.3 is 5.97 Å². The Balaban J connectivity index is 1.72. The van der Waals surface area contributed by atoms with Gasteiger partial charge in [-0.2, -0.15) is 0 Å². The average molecular weight is 389 g/mol. The number of rotatable bonds is 8. The molecule has 0 radical (unpaired) electrons. The SMILES string of the molecule is CCOC(=O)CC(=O)N(CC[NH+]1CCOCC1)Cc1nc2ccccc2n1C. The molecule has 1 amide bonds. The van der Waals surface area contributed by atoms with Crippen LogP contribution < -0.4 is 4.90 Å². The highest BCUT2D eigenvalue weighted by molar-refractivity contribution is 5.94. The van der Waals surface area contributed by atoms with Crippen LogP contribution in [0.1, 0.15) is 19.2 Å². The molecule has 3 rings (SSSR count). The van der Waals surface area contributed by atoms with Crippen LogP contribution in [0.3, 0.4) is 0 Å². The van der Waals surface area contributed by atoms with E-state index in [-0.39, 0.29) is 18.9 Å². The van der Waals surface area contributed by atoms with E-state index in [9.17, 15) is 9.59 Å². The van der Waals surface area contributed by atoms with Crippen LogP contribution in [0.4, 0.5) is 0 Å². The molecule has 8 nitrogen and oxygen atoms in total. The van der Waals surface area contributed by atoms with Crippen molar-refractivity contribution in [3.8, 4) is 0 Å². The van der Waals surface area contributed by atoms with Crippen molar-refractivity contribution in [3.63, 3.8) is 0 Å². The van der Waals surface area contributed by atoms with Crippen LogP contribution in [0.15, 0.2) is 24.3 Å². The molecule has 1 aliphatic heterocycles. The second kappa shape index (κ2) is 9.66. The lowest BCUT2D eigenvalue weighted by Crippen LogP contribution is -3.14. The fraction of sp³-hybridized carbons (Fsp3) is 0.550. The normalized spacial score (nSPS) is 14.9. The summed E-state index contributed by atoms with van der Waals surface area (Å²) in [4.78, 5) is 32.4. The smallest absolute Gasteiger partial charge is 0.315 e. The van der Waals surface area contributed by atoms with Gasteiger partial charge < -0.3 is 23.8 Å². The summed E-state index contributed by atoms with van der Waals surface area (Å²) in [6.07, 6.45) is -0.240. The number of carbonyl (C=O) groups excluding carboxylic acids is 2. The quantitative estimate of drug-likeness (QED) is 0.499. The fourth-order valence-electron chi connectivity index (χ4n) is 3.45. The van der Waals surface area contributed by atoms with Gasteiger partial charge in [-0.3, -0.25) is 9.59 Å². The van der Waals surface area contributed by atoms with Gasteiger partial charge in [-0.1, -0.05) is 12.1 Å². The van der Waals surface area contributed by atoms with Gasteiger partial charge in [0.05, 0.1) is 50.5 Å². The number of amides is 1. The number of esters is 1. The van der Waals surface area contributed by atoms with Crippen LogP contribution in [0.5, 0.6) is 0 Å². The Morgan fingerprint density at radius 3 is 2.75 bits per heavy atom. The Labute approximate surface area is 165 Å². The first-order valence-electron chi connectivity index (χ1n) is 9.83. The molecule has 1 saturated heterocycles. The topological polar surface area (TPSA) is 78.1 Å². The summed E-state index contributed by atoms with van der Waals surface area (Å²) in [5.41, 5.74) is 1.92. The third kappa shape index (κ3) is 5.08. The number of benzene rings is 1. The molecule has 2 heterocycles. The first kappa shape index (κ1) is 20.3. The summed E-state index contributed by atoms with van der Waals surface area (Å²) >= 11 is 0. The van der Waals surface area contributed by atoms with Crippen LogP contribution >= 0.6 is 0 Å². The molecule has 0 saturated carbocycles. The maximum absolute atomic E-state index is 12.8. The number of ether oxygens (including phenoxy) is 2. The Morgan fingerprint density at radius 2 is 2.04 bits per heavy atom. The summed E-state index contributed by atoms with van der Waals surface area (Å²) in [7, 11) is 1.95. The van der Waals surface area contributed by atoms with E-state index in [0.29, 0.717) is 13.1 Å². The van der Waals surface area contributed by atoms with Gasteiger partial charge in [0.25, 0.3) is 0 Å². The van der Waals surface area contributed by atoms with Crippen molar-refractivity contribution in [2.24, 2.45) is 7.05 Å². The number of nitrogens with one attached hydrogen (secondary N) is 1. The number of hydrogen-bond donors (Lipinski definition) is 1. The minimum atomic E-state index is -0.485. The van der Waals surface area contributed by atoms with E-state index in [2.05, 4.69) is 4.98 Å². The third-order valence-electron chi connectivity index (χ3n) is 5.10. The van der Waals surface area contributed by atoms with E-state index in [0.717, 1.165) is 49.7 Å². The molecule has 0 spiro atoms. The average Bonchev–Trinajstić information content (AvgIpc) is 3.01. The molecule has 0 bridgehead atoms. The molecular formula is C20H29N4O4+. The Kier molecular flexibility index (Phi) is 7.00. The van der Waals surface area contributed by atoms with Gasteiger partial charge in [0.1, 0.15) is 25.3 Å². The van der Waals surface area contributed by atoms with Crippen molar-refractivity contribution >= 4 is 22.9 Å². The molecule has 0 atom stereocenters. The molecule has 1 N–H and O–H groups in total. The number of quaternary nitrogens is 1. The zero-order chi connectivity index (χ0) is 19.9. The lowest BCUT2D eigenvalue weighted by molar-refractivity contribution is -0.907. The molecule has 1 aliphatic rings. The molecule has 0 aliphatic carbocycles. The Morgan fingerprint density at radius 1 is 1.29 bits per heavy atom. The zero-order valence-electron chi connectivity index (χ0n) is 16.6. The van der Waals surface area contributed by atoms with Gasteiger partial charge in [0.2, 0.25) is 5.91 Å². The van der Waals surface area contributed by atoms with Crippen molar-refractivity contribution in [1.82, 2.24) is 14.5 Å². The summed E-state index contributed by atoms with van der Waals surface area (Å²) in [5.74, 6) is 0.0924. The van der Waals surface area contributed by atoms with Gasteiger partial charge in [-0.25, -0.2) is 4.98 Å². The highest BCUT2D eigenvalue weighted by atomic mass is 16.5. The second-order valence-electron chi connectivity index (χ2n) is 6.99. The van der Waals surface area contributed by atoms with E-state index in [1.165, 1.54) is 4.90 Å². The van der Waals surface area contributed by atoms with Crippen LogP contribution in [0.25, 0.3) is 11.0 Å². The van der Waals surface area contributed by atoms with Gasteiger partial charge in [0.15, 0.2) is 0 Å². The maximum Gasteiger partial charge on any atom is 0.315 e. The zero-order valence-corrected chi connectivity index (χ0v) is 16.6. The molecule has 0 unspecified atom stereocenters. The number of imidazole rings is 1. The van der Waals surface area contributed by atoms with Gasteiger partial charge in [-0.05, 0) is 19.1 Å². The number of aromatic nitrogens is 2. The largest absolute Gasteiger partial charge is 0.466 e. The number of aryl methyl sites for hydroxylation is 1. The minimum Gasteiger partial charge on any atom is -0.466 e.